The van der Waals surface area contributed by atoms with E-state index in [0.717, 1.165) is 5.56 Å². The molecule has 0 aliphatic heterocycles. The van der Waals surface area contributed by atoms with Crippen molar-refractivity contribution in [3.63, 3.8) is 0 Å². The molecule has 0 radical (unpaired) electrons. The van der Waals surface area contributed by atoms with E-state index < -0.39 is 11.3 Å². The molecule has 21 heavy (non-hydrogen) atoms. The Hall–Kier alpha value is -3.03. The lowest BCUT2D eigenvalue weighted by atomic mass is 10.0. The van der Waals surface area contributed by atoms with E-state index in [4.69, 9.17) is 0 Å². The fraction of sp³-hybridized carbons (Fsp3) is 0.154. The van der Waals surface area contributed by atoms with Crippen LogP contribution >= 0.6 is 0 Å². The van der Waals surface area contributed by atoms with Crippen molar-refractivity contribution in [1.82, 2.24) is 25.2 Å². The molecule has 0 amide bonds. The number of carbonyl (C=O) groups is 1. The predicted molar refractivity (Wildman–Crippen MR) is 73.2 cm³/mol. The number of aryl methyl sites for hydroxylation is 2. The van der Waals surface area contributed by atoms with Gasteiger partial charge in [0.05, 0.1) is 5.52 Å². The van der Waals surface area contributed by atoms with Crippen molar-refractivity contribution < 1.29 is 9.90 Å². The standard InChI is InChI=1S/C13H11N5O3/c1-6-3-4-7-8(5-6)18(2)13(21)9(10(7)19)11(20)12-14-16-17-15-12/h3-5,19H,1-2H3,(H,14,15,16,17). The van der Waals surface area contributed by atoms with E-state index in [9.17, 15) is 14.7 Å². The summed E-state index contributed by atoms with van der Waals surface area (Å²) in [6.07, 6.45) is 0. The first-order valence-corrected chi connectivity index (χ1v) is 6.11. The Labute approximate surface area is 118 Å². The first-order chi connectivity index (χ1) is 10.0. The SMILES string of the molecule is Cc1ccc2c(O)c(C(=O)c3nn[nH]n3)c(=O)n(C)c2c1. The molecule has 106 valence electrons. The van der Waals surface area contributed by atoms with Gasteiger partial charge in [0.2, 0.25) is 11.6 Å². The van der Waals surface area contributed by atoms with Gasteiger partial charge in [-0.2, -0.15) is 5.21 Å². The molecule has 0 bridgehead atoms. The van der Waals surface area contributed by atoms with Gasteiger partial charge in [0, 0.05) is 12.4 Å². The number of hydrogen-bond acceptors (Lipinski definition) is 6. The van der Waals surface area contributed by atoms with Crippen LogP contribution < -0.4 is 5.56 Å². The molecule has 2 N–H and O–H groups in total. The minimum absolute atomic E-state index is 0.270. The maximum absolute atomic E-state index is 12.3. The van der Waals surface area contributed by atoms with Gasteiger partial charge in [0.15, 0.2) is 0 Å². The fourth-order valence-electron chi connectivity index (χ4n) is 2.21. The molecule has 0 atom stereocenters. The Morgan fingerprint density at radius 1 is 1.38 bits per heavy atom. The van der Waals surface area contributed by atoms with Gasteiger partial charge < -0.3 is 9.67 Å². The number of aromatic amines is 1. The molecule has 8 heteroatoms. The summed E-state index contributed by atoms with van der Waals surface area (Å²) in [6.45, 7) is 1.87. The molecular formula is C13H11N5O3. The van der Waals surface area contributed by atoms with Gasteiger partial charge >= 0.3 is 0 Å². The molecule has 0 saturated carbocycles. The fourth-order valence-corrected chi connectivity index (χ4v) is 2.21. The highest BCUT2D eigenvalue weighted by atomic mass is 16.3. The smallest absolute Gasteiger partial charge is 0.265 e. The largest absolute Gasteiger partial charge is 0.506 e. The van der Waals surface area contributed by atoms with E-state index >= 15 is 0 Å². The average molecular weight is 285 g/mol. The number of fused-ring (bicyclic) bond motifs is 1. The number of aromatic hydroxyl groups is 1. The molecule has 0 aliphatic carbocycles. The van der Waals surface area contributed by atoms with Gasteiger partial charge in [0.25, 0.3) is 5.56 Å². The molecule has 8 nitrogen and oxygen atoms in total. The number of nitrogens with zero attached hydrogens (tertiary/aromatic N) is 4. The maximum atomic E-state index is 12.3. The third-order valence-electron chi connectivity index (χ3n) is 3.30. The van der Waals surface area contributed by atoms with Crippen LogP contribution in [0.4, 0.5) is 0 Å². The van der Waals surface area contributed by atoms with Gasteiger partial charge in [0.1, 0.15) is 11.3 Å². The van der Waals surface area contributed by atoms with Gasteiger partial charge in [-0.3, -0.25) is 9.59 Å². The molecule has 0 fully saturated rings. The Bertz CT molecular complexity index is 912. The quantitative estimate of drug-likeness (QED) is 0.654. The Kier molecular flexibility index (Phi) is 2.79. The van der Waals surface area contributed by atoms with Crippen LogP contribution in [0.1, 0.15) is 21.7 Å². The summed E-state index contributed by atoms with van der Waals surface area (Å²) in [5, 5.41) is 23.2. The van der Waals surface area contributed by atoms with E-state index in [2.05, 4.69) is 20.6 Å². The summed E-state index contributed by atoms with van der Waals surface area (Å²) < 4.78 is 1.31. The zero-order valence-corrected chi connectivity index (χ0v) is 11.3. The molecule has 0 aliphatic rings. The lowest BCUT2D eigenvalue weighted by Gasteiger charge is -2.10. The van der Waals surface area contributed by atoms with Crippen LogP contribution in [0.25, 0.3) is 10.9 Å². The van der Waals surface area contributed by atoms with E-state index in [1.165, 1.54) is 11.6 Å². The lowest BCUT2D eigenvalue weighted by Crippen LogP contribution is -2.26. The van der Waals surface area contributed by atoms with Crippen molar-refractivity contribution in [2.24, 2.45) is 7.05 Å². The highest BCUT2D eigenvalue weighted by molar-refractivity contribution is 6.10. The molecule has 0 spiro atoms. The molecule has 2 aromatic heterocycles. The van der Waals surface area contributed by atoms with Crippen LogP contribution in [0, 0.1) is 6.92 Å². The van der Waals surface area contributed by atoms with Crippen molar-refractivity contribution in [2.75, 3.05) is 0 Å². The van der Waals surface area contributed by atoms with E-state index in [-0.39, 0.29) is 17.1 Å². The molecular weight excluding hydrogens is 274 g/mol. The summed E-state index contributed by atoms with van der Waals surface area (Å²) >= 11 is 0. The van der Waals surface area contributed by atoms with Crippen LogP contribution in [-0.2, 0) is 7.05 Å². The molecule has 2 heterocycles. The summed E-state index contributed by atoms with van der Waals surface area (Å²) in [6, 6.07) is 5.21. The number of H-pyrrole nitrogens is 1. The maximum Gasteiger partial charge on any atom is 0.265 e. The zero-order valence-electron chi connectivity index (χ0n) is 11.3. The number of aromatic nitrogens is 5. The van der Waals surface area contributed by atoms with Crippen LogP contribution in [0.5, 0.6) is 5.75 Å². The zero-order chi connectivity index (χ0) is 15.1. The highest BCUT2D eigenvalue weighted by Gasteiger charge is 2.25. The highest BCUT2D eigenvalue weighted by Crippen LogP contribution is 2.27. The summed E-state index contributed by atoms with van der Waals surface area (Å²) in [4.78, 5) is 24.6. The normalized spacial score (nSPS) is 11.0. The minimum atomic E-state index is -0.774. The first kappa shape index (κ1) is 13.0. The summed E-state index contributed by atoms with van der Waals surface area (Å²) in [5.74, 6) is -1.42. The van der Waals surface area contributed by atoms with Crippen LogP contribution in [0.15, 0.2) is 23.0 Å². The number of nitrogens with one attached hydrogen (secondary N) is 1. The van der Waals surface area contributed by atoms with Crippen LogP contribution in [-0.4, -0.2) is 36.1 Å². The second kappa shape index (κ2) is 4.51. The minimum Gasteiger partial charge on any atom is -0.506 e. The number of carbonyl (C=O) groups excluding carboxylic acids is 1. The van der Waals surface area contributed by atoms with Gasteiger partial charge in [-0.15, -0.1) is 10.2 Å². The van der Waals surface area contributed by atoms with Crippen molar-refractivity contribution >= 4 is 16.7 Å². The molecule has 3 rings (SSSR count). The third kappa shape index (κ3) is 1.88. The first-order valence-electron chi connectivity index (χ1n) is 6.11. The number of benzene rings is 1. The summed E-state index contributed by atoms with van der Waals surface area (Å²) in [5.41, 5.74) is 0.506. The predicted octanol–water partition coefficient (Wildman–Crippen LogP) is 0.297. The number of rotatable bonds is 2. The Balaban J connectivity index is 2.37. The van der Waals surface area contributed by atoms with Gasteiger partial charge in [-0.05, 0) is 29.8 Å². The average Bonchev–Trinajstić information content (AvgIpc) is 2.99. The second-order valence-corrected chi connectivity index (χ2v) is 4.67. The second-order valence-electron chi connectivity index (χ2n) is 4.67. The van der Waals surface area contributed by atoms with Crippen molar-refractivity contribution in [1.29, 1.82) is 0 Å². The Morgan fingerprint density at radius 2 is 2.14 bits per heavy atom. The number of pyridine rings is 1. The lowest BCUT2D eigenvalue weighted by molar-refractivity contribution is 0.102. The van der Waals surface area contributed by atoms with E-state index in [1.807, 2.05) is 6.92 Å². The molecule has 0 saturated heterocycles. The van der Waals surface area contributed by atoms with Crippen molar-refractivity contribution in [3.8, 4) is 5.75 Å². The topological polar surface area (TPSA) is 114 Å². The Morgan fingerprint density at radius 3 is 2.81 bits per heavy atom. The van der Waals surface area contributed by atoms with E-state index in [1.54, 1.807) is 18.2 Å². The molecule has 3 aromatic rings. The monoisotopic (exact) mass is 285 g/mol. The number of hydrogen-bond donors (Lipinski definition) is 2. The summed E-state index contributed by atoms with van der Waals surface area (Å²) in [7, 11) is 1.54. The van der Waals surface area contributed by atoms with Gasteiger partial charge in [-0.1, -0.05) is 6.07 Å². The van der Waals surface area contributed by atoms with Gasteiger partial charge in [-0.25, -0.2) is 0 Å². The molecule has 1 aromatic carbocycles. The van der Waals surface area contributed by atoms with Crippen molar-refractivity contribution in [2.45, 2.75) is 6.92 Å². The van der Waals surface area contributed by atoms with Crippen molar-refractivity contribution in [3.05, 3.63) is 45.5 Å². The van der Waals surface area contributed by atoms with E-state index in [0.29, 0.717) is 10.9 Å². The molecule has 0 unspecified atom stereocenters. The third-order valence-corrected chi connectivity index (χ3v) is 3.30. The van der Waals surface area contributed by atoms with Crippen LogP contribution in [0.2, 0.25) is 0 Å². The number of tetrazole rings is 1. The number of ketones is 1. The van der Waals surface area contributed by atoms with Crippen LogP contribution in [0.3, 0.4) is 0 Å².